The second-order valence-corrected chi connectivity index (χ2v) is 4.99. The van der Waals surface area contributed by atoms with E-state index in [-0.39, 0.29) is 0 Å². The lowest BCUT2D eigenvalue weighted by molar-refractivity contribution is 0.429. The topological polar surface area (TPSA) is 53.1 Å². The molecule has 0 fully saturated rings. The van der Waals surface area contributed by atoms with Crippen LogP contribution in [-0.4, -0.2) is 9.78 Å². The molecule has 2 aromatic rings. The molecule has 1 heterocycles. The summed E-state index contributed by atoms with van der Waals surface area (Å²) in [6.45, 7) is 4.06. The number of hydrogen-bond acceptors (Lipinski definition) is 3. The summed E-state index contributed by atoms with van der Waals surface area (Å²) in [6, 6.07) is 5.53. The van der Waals surface area contributed by atoms with E-state index in [4.69, 9.17) is 22.1 Å². The average molecular weight is 280 g/mol. The van der Waals surface area contributed by atoms with Gasteiger partial charge in [-0.15, -0.1) is 0 Å². The summed E-state index contributed by atoms with van der Waals surface area (Å²) in [7, 11) is 1.82. The molecule has 0 saturated carbocycles. The molecule has 102 valence electrons. The Morgan fingerprint density at radius 3 is 2.84 bits per heavy atom. The maximum Gasteiger partial charge on any atom is 0.241 e. The Hall–Kier alpha value is -1.68. The first-order chi connectivity index (χ1) is 9.02. The van der Waals surface area contributed by atoms with E-state index < -0.39 is 0 Å². The van der Waals surface area contributed by atoms with Crippen molar-refractivity contribution in [1.29, 1.82) is 0 Å². The number of benzene rings is 1. The number of nitrogens with zero attached hydrogens (tertiary/aromatic N) is 2. The van der Waals surface area contributed by atoms with Gasteiger partial charge in [-0.3, -0.25) is 0 Å². The monoisotopic (exact) mass is 279 g/mol. The van der Waals surface area contributed by atoms with Crippen LogP contribution in [0.4, 0.5) is 5.69 Å². The Balaban J connectivity index is 2.35. The molecular weight excluding hydrogens is 262 g/mol. The van der Waals surface area contributed by atoms with Crippen LogP contribution in [0.15, 0.2) is 18.2 Å². The van der Waals surface area contributed by atoms with Gasteiger partial charge >= 0.3 is 0 Å². The van der Waals surface area contributed by atoms with Crippen molar-refractivity contribution in [3.63, 3.8) is 0 Å². The summed E-state index contributed by atoms with van der Waals surface area (Å²) in [5.74, 6) is 1.26. The summed E-state index contributed by atoms with van der Waals surface area (Å²) >= 11 is 5.98. The van der Waals surface area contributed by atoms with E-state index in [1.807, 2.05) is 26.1 Å². The lowest BCUT2D eigenvalue weighted by atomic mass is 10.2. The molecule has 1 aromatic carbocycles. The second-order valence-electron chi connectivity index (χ2n) is 4.55. The third kappa shape index (κ3) is 2.84. The molecule has 0 amide bonds. The number of aryl methyl sites for hydroxylation is 3. The van der Waals surface area contributed by atoms with Crippen molar-refractivity contribution in [2.24, 2.45) is 7.05 Å². The summed E-state index contributed by atoms with van der Waals surface area (Å²) < 4.78 is 7.54. The Kier molecular flexibility index (Phi) is 4.00. The maximum atomic E-state index is 6.08. The lowest BCUT2D eigenvalue weighted by Crippen LogP contribution is -1.98. The number of hydrogen-bond donors (Lipinski definition) is 1. The predicted molar refractivity (Wildman–Crippen MR) is 77.9 cm³/mol. The first-order valence-corrected chi connectivity index (χ1v) is 6.66. The van der Waals surface area contributed by atoms with Crippen LogP contribution >= 0.6 is 11.6 Å². The van der Waals surface area contributed by atoms with Gasteiger partial charge in [0, 0.05) is 12.1 Å². The fraction of sp³-hybridized carbons (Fsp3) is 0.357. The molecule has 0 aliphatic carbocycles. The molecule has 0 aliphatic rings. The standard InChI is InChI=1S/C14H18ClN3O/c1-4-5-11-13(16)14(18(3)17-11)19-12-8-10(15)7-6-9(12)2/h6-8H,4-5,16H2,1-3H3. The van der Waals surface area contributed by atoms with Crippen molar-refractivity contribution in [3.8, 4) is 11.6 Å². The van der Waals surface area contributed by atoms with E-state index >= 15 is 0 Å². The average Bonchev–Trinajstić information content (AvgIpc) is 2.62. The zero-order valence-corrected chi connectivity index (χ0v) is 12.2. The number of nitrogen functional groups attached to an aromatic ring is 1. The summed E-state index contributed by atoms with van der Waals surface area (Å²) in [6.07, 6.45) is 1.84. The van der Waals surface area contributed by atoms with Gasteiger partial charge in [0.1, 0.15) is 11.4 Å². The molecule has 4 nitrogen and oxygen atoms in total. The molecule has 19 heavy (non-hydrogen) atoms. The van der Waals surface area contributed by atoms with E-state index in [1.54, 1.807) is 10.7 Å². The van der Waals surface area contributed by atoms with E-state index in [2.05, 4.69) is 12.0 Å². The van der Waals surface area contributed by atoms with Crippen molar-refractivity contribution >= 4 is 17.3 Å². The first kappa shape index (κ1) is 13.7. The van der Waals surface area contributed by atoms with E-state index in [9.17, 15) is 0 Å². The summed E-state index contributed by atoms with van der Waals surface area (Å²) in [5, 5.41) is 5.02. The molecular formula is C14H18ClN3O. The molecule has 1 aromatic heterocycles. The van der Waals surface area contributed by atoms with Crippen molar-refractivity contribution in [1.82, 2.24) is 9.78 Å². The molecule has 0 spiro atoms. The van der Waals surface area contributed by atoms with Gasteiger partial charge in [-0.2, -0.15) is 5.10 Å². The number of aromatic nitrogens is 2. The number of ether oxygens (including phenoxy) is 1. The van der Waals surface area contributed by atoms with Crippen LogP contribution in [0.3, 0.4) is 0 Å². The highest BCUT2D eigenvalue weighted by atomic mass is 35.5. The van der Waals surface area contributed by atoms with E-state index in [1.165, 1.54) is 0 Å². The van der Waals surface area contributed by atoms with Gasteiger partial charge in [0.15, 0.2) is 0 Å². The fourth-order valence-electron chi connectivity index (χ4n) is 1.91. The second kappa shape index (κ2) is 5.53. The van der Waals surface area contributed by atoms with Crippen LogP contribution in [0.5, 0.6) is 11.6 Å². The minimum absolute atomic E-state index is 0.564. The zero-order valence-electron chi connectivity index (χ0n) is 11.4. The zero-order chi connectivity index (χ0) is 14.0. The molecule has 0 radical (unpaired) electrons. The first-order valence-electron chi connectivity index (χ1n) is 6.28. The van der Waals surface area contributed by atoms with Crippen LogP contribution in [-0.2, 0) is 13.5 Å². The van der Waals surface area contributed by atoms with Crippen LogP contribution < -0.4 is 10.5 Å². The Bertz CT molecular complexity index is 593. The number of halogens is 1. The normalized spacial score (nSPS) is 10.7. The minimum atomic E-state index is 0.564. The summed E-state index contributed by atoms with van der Waals surface area (Å²) in [5.41, 5.74) is 8.56. The number of rotatable bonds is 4. The molecule has 2 N–H and O–H groups in total. The molecule has 0 aliphatic heterocycles. The fourth-order valence-corrected chi connectivity index (χ4v) is 2.07. The minimum Gasteiger partial charge on any atom is -0.437 e. The lowest BCUT2D eigenvalue weighted by Gasteiger charge is -2.09. The quantitative estimate of drug-likeness (QED) is 0.928. The van der Waals surface area contributed by atoms with Gasteiger partial charge < -0.3 is 10.5 Å². The smallest absolute Gasteiger partial charge is 0.241 e. The van der Waals surface area contributed by atoms with Crippen LogP contribution in [0.2, 0.25) is 5.02 Å². The molecule has 0 saturated heterocycles. The van der Waals surface area contributed by atoms with Crippen molar-refractivity contribution < 1.29 is 4.74 Å². The van der Waals surface area contributed by atoms with Crippen molar-refractivity contribution in [3.05, 3.63) is 34.5 Å². The van der Waals surface area contributed by atoms with Gasteiger partial charge in [-0.25, -0.2) is 4.68 Å². The Morgan fingerprint density at radius 1 is 1.42 bits per heavy atom. The SMILES string of the molecule is CCCc1nn(C)c(Oc2cc(Cl)ccc2C)c1N. The number of anilines is 1. The van der Waals surface area contributed by atoms with Gasteiger partial charge in [0.05, 0.1) is 5.69 Å². The number of nitrogens with two attached hydrogens (primary N) is 1. The predicted octanol–water partition coefficient (Wildman–Crippen LogP) is 3.71. The van der Waals surface area contributed by atoms with Crippen LogP contribution in [0.25, 0.3) is 0 Å². The molecule has 2 rings (SSSR count). The molecule has 0 bridgehead atoms. The molecule has 0 atom stereocenters. The summed E-state index contributed by atoms with van der Waals surface area (Å²) in [4.78, 5) is 0. The van der Waals surface area contributed by atoms with Gasteiger partial charge in [0.2, 0.25) is 5.88 Å². The maximum absolute atomic E-state index is 6.08. The van der Waals surface area contributed by atoms with Gasteiger partial charge in [0.25, 0.3) is 0 Å². The highest BCUT2D eigenvalue weighted by Crippen LogP contribution is 2.33. The molecule has 0 unspecified atom stereocenters. The van der Waals surface area contributed by atoms with Gasteiger partial charge in [-0.1, -0.05) is 31.0 Å². The van der Waals surface area contributed by atoms with E-state index in [0.29, 0.717) is 22.3 Å². The highest BCUT2D eigenvalue weighted by molar-refractivity contribution is 6.30. The third-order valence-corrected chi connectivity index (χ3v) is 3.18. The van der Waals surface area contributed by atoms with Crippen molar-refractivity contribution in [2.45, 2.75) is 26.7 Å². The van der Waals surface area contributed by atoms with Crippen LogP contribution in [0.1, 0.15) is 24.6 Å². The van der Waals surface area contributed by atoms with E-state index in [0.717, 1.165) is 24.1 Å². The third-order valence-electron chi connectivity index (χ3n) is 2.95. The van der Waals surface area contributed by atoms with Crippen molar-refractivity contribution in [2.75, 3.05) is 5.73 Å². The van der Waals surface area contributed by atoms with Gasteiger partial charge in [-0.05, 0) is 31.0 Å². The Morgan fingerprint density at radius 2 is 2.16 bits per heavy atom. The van der Waals surface area contributed by atoms with Crippen LogP contribution in [0, 0.1) is 6.92 Å². The highest BCUT2D eigenvalue weighted by Gasteiger charge is 2.15. The molecule has 5 heteroatoms. The largest absolute Gasteiger partial charge is 0.437 e. The Labute approximate surface area is 118 Å².